The molecule has 0 saturated carbocycles. The van der Waals surface area contributed by atoms with Crippen LogP contribution in [-0.2, 0) is 0 Å². The summed E-state index contributed by atoms with van der Waals surface area (Å²) in [6.07, 6.45) is 12.5. The molecule has 0 saturated heterocycles. The number of aliphatic hydroxyl groups is 1. The van der Waals surface area contributed by atoms with E-state index >= 15 is 0 Å². The van der Waals surface area contributed by atoms with E-state index in [1.807, 2.05) is 0 Å². The molecular weight excluding hydrogens is 172 g/mol. The van der Waals surface area contributed by atoms with Crippen molar-refractivity contribution in [3.05, 3.63) is 11.6 Å². The van der Waals surface area contributed by atoms with Gasteiger partial charge in [-0.25, -0.2) is 0 Å². The van der Waals surface area contributed by atoms with E-state index in [9.17, 15) is 5.11 Å². The first-order valence-corrected chi connectivity index (χ1v) is 6.15. The summed E-state index contributed by atoms with van der Waals surface area (Å²) in [4.78, 5) is 0. The quantitative estimate of drug-likeness (QED) is 0.643. The molecule has 1 aliphatic rings. The van der Waals surface area contributed by atoms with Crippen molar-refractivity contribution in [2.24, 2.45) is 5.92 Å². The van der Waals surface area contributed by atoms with Crippen LogP contribution in [0.15, 0.2) is 11.6 Å². The van der Waals surface area contributed by atoms with Crippen LogP contribution < -0.4 is 0 Å². The molecule has 14 heavy (non-hydrogen) atoms. The molecule has 1 atom stereocenters. The number of allylic oxidation sites excluding steroid dienone is 2. The number of hydrogen-bond donors (Lipinski definition) is 1. The van der Waals surface area contributed by atoms with Crippen LogP contribution >= 0.6 is 0 Å². The van der Waals surface area contributed by atoms with Crippen molar-refractivity contribution in [1.29, 1.82) is 0 Å². The number of unbranched alkanes of at least 4 members (excludes halogenated alkanes) is 1. The summed E-state index contributed by atoms with van der Waals surface area (Å²) in [5.41, 5.74) is 1.60. The van der Waals surface area contributed by atoms with Crippen molar-refractivity contribution in [1.82, 2.24) is 0 Å². The lowest BCUT2D eigenvalue weighted by Crippen LogP contribution is -2.08. The number of aliphatic hydroxyl groups excluding tert-OH is 1. The smallest absolute Gasteiger partial charge is 0.0462 e. The third-order valence-corrected chi connectivity index (χ3v) is 3.16. The van der Waals surface area contributed by atoms with Crippen LogP contribution in [0.1, 0.15) is 58.3 Å². The summed E-state index contributed by atoms with van der Waals surface area (Å²) in [6, 6.07) is 0. The topological polar surface area (TPSA) is 20.2 Å². The Morgan fingerprint density at radius 2 is 2.29 bits per heavy atom. The Hall–Kier alpha value is -0.300. The third-order valence-electron chi connectivity index (χ3n) is 3.16. The van der Waals surface area contributed by atoms with E-state index in [1.165, 1.54) is 44.9 Å². The second kappa shape index (κ2) is 7.05. The van der Waals surface area contributed by atoms with E-state index in [1.54, 1.807) is 5.57 Å². The van der Waals surface area contributed by atoms with Crippen molar-refractivity contribution in [3.63, 3.8) is 0 Å². The fraction of sp³-hybridized carbons (Fsp3) is 0.846. The van der Waals surface area contributed by atoms with Gasteiger partial charge in [0.15, 0.2) is 0 Å². The Balaban J connectivity index is 2.27. The van der Waals surface area contributed by atoms with E-state index < -0.39 is 0 Å². The van der Waals surface area contributed by atoms with Gasteiger partial charge in [-0.3, -0.25) is 0 Å². The van der Waals surface area contributed by atoms with E-state index in [0.717, 1.165) is 6.42 Å². The van der Waals surface area contributed by atoms with Gasteiger partial charge in [0.05, 0.1) is 0 Å². The zero-order valence-corrected chi connectivity index (χ0v) is 9.47. The molecule has 0 amide bonds. The molecule has 0 aromatic carbocycles. The van der Waals surface area contributed by atoms with Gasteiger partial charge >= 0.3 is 0 Å². The maximum Gasteiger partial charge on any atom is 0.0462 e. The Morgan fingerprint density at radius 3 is 2.86 bits per heavy atom. The van der Waals surface area contributed by atoms with Gasteiger partial charge in [-0.1, -0.05) is 31.4 Å². The van der Waals surface area contributed by atoms with Crippen LogP contribution in [-0.4, -0.2) is 11.7 Å². The molecule has 0 aromatic heterocycles. The molecule has 82 valence electrons. The highest BCUT2D eigenvalue weighted by Gasteiger charge is 2.11. The highest BCUT2D eigenvalue weighted by molar-refractivity contribution is 5.05. The third kappa shape index (κ3) is 4.28. The van der Waals surface area contributed by atoms with E-state index in [-0.39, 0.29) is 0 Å². The van der Waals surface area contributed by atoms with Crippen molar-refractivity contribution < 1.29 is 5.11 Å². The first-order valence-electron chi connectivity index (χ1n) is 6.15. The molecule has 0 fully saturated rings. The summed E-state index contributed by atoms with van der Waals surface area (Å²) < 4.78 is 0. The molecule has 0 heterocycles. The molecule has 1 nitrogen and oxygen atoms in total. The van der Waals surface area contributed by atoms with Gasteiger partial charge < -0.3 is 5.11 Å². The standard InChI is InChI=1S/C13H24O/c1-2-3-7-13(11-14)10-12-8-5-4-6-9-12/h8,13-14H,2-7,9-11H2,1H3. The molecular formula is C13H24O. The van der Waals surface area contributed by atoms with Crippen molar-refractivity contribution in [2.45, 2.75) is 58.3 Å². The zero-order chi connectivity index (χ0) is 10.2. The second-order valence-corrected chi connectivity index (χ2v) is 4.50. The second-order valence-electron chi connectivity index (χ2n) is 4.50. The van der Waals surface area contributed by atoms with Gasteiger partial charge in [-0.2, -0.15) is 0 Å². The van der Waals surface area contributed by atoms with Crippen LogP contribution in [0.3, 0.4) is 0 Å². The molecule has 0 aromatic rings. The van der Waals surface area contributed by atoms with Crippen LogP contribution in [0.25, 0.3) is 0 Å². The van der Waals surface area contributed by atoms with E-state index in [4.69, 9.17) is 0 Å². The highest BCUT2D eigenvalue weighted by Crippen LogP contribution is 2.25. The lowest BCUT2D eigenvalue weighted by Gasteiger charge is -2.18. The average Bonchev–Trinajstić information content (AvgIpc) is 2.25. The lowest BCUT2D eigenvalue weighted by molar-refractivity contribution is 0.214. The minimum absolute atomic E-state index is 0.372. The Morgan fingerprint density at radius 1 is 1.43 bits per heavy atom. The maximum absolute atomic E-state index is 9.26. The predicted molar refractivity (Wildman–Crippen MR) is 61.3 cm³/mol. The van der Waals surface area contributed by atoms with Gasteiger partial charge in [-0.05, 0) is 44.4 Å². The largest absolute Gasteiger partial charge is 0.396 e. The van der Waals surface area contributed by atoms with Crippen molar-refractivity contribution >= 4 is 0 Å². The molecule has 1 aliphatic carbocycles. The summed E-state index contributed by atoms with van der Waals surface area (Å²) in [5, 5.41) is 9.26. The van der Waals surface area contributed by atoms with Gasteiger partial charge in [0.2, 0.25) is 0 Å². The Bertz CT molecular complexity index is 172. The lowest BCUT2D eigenvalue weighted by atomic mass is 9.89. The SMILES string of the molecule is CCCCC(CO)CC1=CCCCC1. The molecule has 0 radical (unpaired) electrons. The summed E-state index contributed by atoms with van der Waals surface area (Å²) in [7, 11) is 0. The molecule has 1 unspecified atom stereocenters. The highest BCUT2D eigenvalue weighted by atomic mass is 16.3. The number of rotatable bonds is 6. The van der Waals surface area contributed by atoms with Gasteiger partial charge in [0, 0.05) is 6.61 Å². The van der Waals surface area contributed by atoms with E-state index in [2.05, 4.69) is 13.0 Å². The molecule has 0 spiro atoms. The maximum atomic E-state index is 9.26. The minimum Gasteiger partial charge on any atom is -0.396 e. The van der Waals surface area contributed by atoms with Gasteiger partial charge in [0.25, 0.3) is 0 Å². The van der Waals surface area contributed by atoms with Crippen LogP contribution in [0.2, 0.25) is 0 Å². The molecule has 1 rings (SSSR count). The van der Waals surface area contributed by atoms with Crippen LogP contribution in [0, 0.1) is 5.92 Å². The predicted octanol–water partition coefficient (Wildman–Crippen LogP) is 3.68. The zero-order valence-electron chi connectivity index (χ0n) is 9.47. The summed E-state index contributed by atoms with van der Waals surface area (Å²) in [5.74, 6) is 0.527. The monoisotopic (exact) mass is 196 g/mol. The minimum atomic E-state index is 0.372. The Labute approximate surface area is 88.2 Å². The van der Waals surface area contributed by atoms with Crippen molar-refractivity contribution in [2.75, 3.05) is 6.61 Å². The summed E-state index contributed by atoms with van der Waals surface area (Å²) >= 11 is 0. The number of hydrogen-bond acceptors (Lipinski definition) is 1. The van der Waals surface area contributed by atoms with Crippen LogP contribution in [0.5, 0.6) is 0 Å². The Kier molecular flexibility index (Phi) is 5.93. The van der Waals surface area contributed by atoms with Crippen molar-refractivity contribution in [3.8, 4) is 0 Å². The molecule has 1 N–H and O–H groups in total. The van der Waals surface area contributed by atoms with Gasteiger partial charge in [0.1, 0.15) is 0 Å². The van der Waals surface area contributed by atoms with Gasteiger partial charge in [-0.15, -0.1) is 0 Å². The first kappa shape index (κ1) is 11.8. The summed E-state index contributed by atoms with van der Waals surface area (Å²) in [6.45, 7) is 2.59. The van der Waals surface area contributed by atoms with E-state index in [0.29, 0.717) is 12.5 Å². The first-order chi connectivity index (χ1) is 6.86. The average molecular weight is 196 g/mol. The molecule has 1 heteroatoms. The normalized spacial score (nSPS) is 19.1. The molecule has 0 bridgehead atoms. The van der Waals surface area contributed by atoms with Crippen LogP contribution in [0.4, 0.5) is 0 Å². The fourth-order valence-corrected chi connectivity index (χ4v) is 2.21. The fourth-order valence-electron chi connectivity index (χ4n) is 2.21. The molecule has 0 aliphatic heterocycles.